The molecule has 0 aromatic heterocycles. The largest absolute Gasteiger partial charge is 0.465 e. The molecule has 0 radical (unpaired) electrons. The van der Waals surface area contributed by atoms with Crippen LogP contribution in [0.5, 0.6) is 11.5 Å². The highest BCUT2D eigenvalue weighted by Crippen LogP contribution is 2.37. The molecular weight excluding hydrogens is 408 g/mol. The molecule has 0 spiro atoms. The zero-order chi connectivity index (χ0) is 22.7. The Morgan fingerprint density at radius 3 is 2.41 bits per heavy atom. The molecule has 1 aliphatic rings. The minimum absolute atomic E-state index is 0.142. The predicted molar refractivity (Wildman–Crippen MR) is 118 cm³/mol. The summed E-state index contributed by atoms with van der Waals surface area (Å²) in [4.78, 5) is 36.7. The zero-order valence-corrected chi connectivity index (χ0v) is 17.6. The molecule has 4 rings (SSSR count). The summed E-state index contributed by atoms with van der Waals surface area (Å²) in [6.07, 6.45) is 1.74. The Bertz CT molecular complexity index is 1220. The van der Waals surface area contributed by atoms with Gasteiger partial charge in [0.15, 0.2) is 5.76 Å². The molecule has 0 amide bonds. The molecule has 3 aromatic rings. The van der Waals surface area contributed by atoms with Crippen molar-refractivity contribution in [1.29, 1.82) is 0 Å². The number of ketones is 1. The van der Waals surface area contributed by atoms with Crippen molar-refractivity contribution in [3.63, 3.8) is 0 Å². The lowest BCUT2D eigenvalue weighted by molar-refractivity contribution is -0.133. The van der Waals surface area contributed by atoms with Crippen molar-refractivity contribution in [2.24, 2.45) is 0 Å². The second-order valence-corrected chi connectivity index (χ2v) is 7.30. The Labute approximate surface area is 185 Å². The van der Waals surface area contributed by atoms with Crippen molar-refractivity contribution in [2.45, 2.75) is 13.3 Å². The van der Waals surface area contributed by atoms with Crippen molar-refractivity contribution in [1.82, 2.24) is 0 Å². The SMILES string of the molecule is COC(=O)c1ccc(/C=C2\Oc3cc(OC(=O)Cc4ccccc4)cc(C)c3C2=O)cc1. The van der Waals surface area contributed by atoms with Crippen LogP contribution in [0.15, 0.2) is 72.5 Å². The number of allylic oxidation sites excluding steroid dienone is 1. The lowest BCUT2D eigenvalue weighted by Gasteiger charge is -2.08. The van der Waals surface area contributed by atoms with Crippen LogP contribution >= 0.6 is 0 Å². The fraction of sp³-hybridized carbons (Fsp3) is 0.115. The lowest BCUT2D eigenvalue weighted by Crippen LogP contribution is -2.11. The van der Waals surface area contributed by atoms with Crippen molar-refractivity contribution in [2.75, 3.05) is 7.11 Å². The molecule has 160 valence electrons. The van der Waals surface area contributed by atoms with Gasteiger partial charge < -0.3 is 14.2 Å². The molecule has 0 aliphatic carbocycles. The fourth-order valence-electron chi connectivity index (χ4n) is 3.45. The van der Waals surface area contributed by atoms with Gasteiger partial charge in [0.05, 0.1) is 24.7 Å². The molecule has 0 bridgehead atoms. The third kappa shape index (κ3) is 4.44. The third-order valence-corrected chi connectivity index (χ3v) is 5.00. The second-order valence-electron chi connectivity index (χ2n) is 7.30. The molecule has 0 fully saturated rings. The van der Waals surface area contributed by atoms with E-state index in [1.807, 2.05) is 30.3 Å². The number of hydrogen-bond acceptors (Lipinski definition) is 6. The van der Waals surface area contributed by atoms with Crippen LogP contribution in [0.25, 0.3) is 6.08 Å². The van der Waals surface area contributed by atoms with E-state index in [9.17, 15) is 14.4 Å². The Morgan fingerprint density at radius 1 is 1.00 bits per heavy atom. The van der Waals surface area contributed by atoms with Crippen molar-refractivity contribution >= 4 is 23.8 Å². The maximum Gasteiger partial charge on any atom is 0.337 e. The number of esters is 2. The molecule has 0 unspecified atom stereocenters. The number of benzene rings is 3. The molecular formula is C26H20O6. The van der Waals surface area contributed by atoms with E-state index in [0.29, 0.717) is 33.8 Å². The van der Waals surface area contributed by atoms with Crippen LogP contribution in [-0.4, -0.2) is 24.8 Å². The number of fused-ring (bicyclic) bond motifs is 1. The van der Waals surface area contributed by atoms with Crippen LogP contribution in [0.3, 0.4) is 0 Å². The standard InChI is InChI=1S/C26H20O6/c1-16-12-20(31-23(27)14-17-6-4-3-5-7-17)15-21-24(16)25(28)22(32-21)13-18-8-10-19(11-9-18)26(29)30-2/h3-13,15H,14H2,1-2H3/b22-13-. The highest BCUT2D eigenvalue weighted by molar-refractivity contribution is 6.15. The van der Waals surface area contributed by atoms with Crippen molar-refractivity contribution in [3.05, 3.63) is 100 Å². The highest BCUT2D eigenvalue weighted by atomic mass is 16.5. The van der Waals surface area contributed by atoms with Crippen LogP contribution < -0.4 is 9.47 Å². The minimum Gasteiger partial charge on any atom is -0.465 e. The summed E-state index contributed by atoms with van der Waals surface area (Å²) in [7, 11) is 1.32. The minimum atomic E-state index is -0.435. The number of ether oxygens (including phenoxy) is 3. The van der Waals surface area contributed by atoms with Crippen LogP contribution in [0, 0.1) is 6.92 Å². The number of carbonyl (C=O) groups is 3. The predicted octanol–water partition coefficient (Wildman–Crippen LogP) is 4.55. The van der Waals surface area contributed by atoms with Crippen LogP contribution in [0.2, 0.25) is 0 Å². The Balaban J connectivity index is 1.52. The molecule has 3 aromatic carbocycles. The van der Waals surface area contributed by atoms with E-state index in [0.717, 1.165) is 5.56 Å². The number of methoxy groups -OCH3 is 1. The van der Waals surface area contributed by atoms with Gasteiger partial charge in [0.1, 0.15) is 11.5 Å². The first-order chi connectivity index (χ1) is 15.4. The summed E-state index contributed by atoms with van der Waals surface area (Å²) in [5, 5.41) is 0. The smallest absolute Gasteiger partial charge is 0.337 e. The van der Waals surface area contributed by atoms with Gasteiger partial charge in [0.25, 0.3) is 0 Å². The number of Topliss-reactive ketones (excluding diaryl/α,β-unsaturated/α-hetero) is 1. The number of rotatable bonds is 5. The molecule has 0 saturated heterocycles. The maximum atomic E-state index is 12.8. The maximum absolute atomic E-state index is 12.8. The van der Waals surface area contributed by atoms with E-state index >= 15 is 0 Å². The van der Waals surface area contributed by atoms with E-state index in [-0.39, 0.29) is 18.0 Å². The van der Waals surface area contributed by atoms with Gasteiger partial charge in [0, 0.05) is 6.07 Å². The monoisotopic (exact) mass is 428 g/mol. The normalized spacial score (nSPS) is 13.4. The average molecular weight is 428 g/mol. The van der Waals surface area contributed by atoms with Crippen LogP contribution in [0.1, 0.15) is 37.4 Å². The van der Waals surface area contributed by atoms with E-state index < -0.39 is 11.9 Å². The third-order valence-electron chi connectivity index (χ3n) is 5.00. The van der Waals surface area contributed by atoms with Gasteiger partial charge in [-0.1, -0.05) is 42.5 Å². The highest BCUT2D eigenvalue weighted by Gasteiger charge is 2.30. The number of carbonyl (C=O) groups excluding carboxylic acids is 3. The summed E-state index contributed by atoms with van der Waals surface area (Å²) >= 11 is 0. The quantitative estimate of drug-likeness (QED) is 0.337. The summed E-state index contributed by atoms with van der Waals surface area (Å²) in [5.41, 5.74) is 3.05. The first kappa shape index (κ1) is 21.1. The molecule has 6 nitrogen and oxygen atoms in total. The van der Waals surface area contributed by atoms with E-state index in [2.05, 4.69) is 4.74 Å². The Hall–Kier alpha value is -4.19. The van der Waals surface area contributed by atoms with E-state index in [1.54, 1.807) is 49.4 Å². The molecule has 32 heavy (non-hydrogen) atoms. The Morgan fingerprint density at radius 2 is 1.72 bits per heavy atom. The molecule has 0 atom stereocenters. The summed E-state index contributed by atoms with van der Waals surface area (Å²) in [6.45, 7) is 1.77. The van der Waals surface area contributed by atoms with Gasteiger partial charge in [-0.05, 0) is 47.9 Å². The van der Waals surface area contributed by atoms with Crippen molar-refractivity contribution < 1.29 is 28.6 Å². The summed E-state index contributed by atoms with van der Waals surface area (Å²) < 4.78 is 15.9. The van der Waals surface area contributed by atoms with Crippen LogP contribution in [0.4, 0.5) is 0 Å². The molecule has 6 heteroatoms. The lowest BCUT2D eigenvalue weighted by atomic mass is 10.0. The molecule has 1 heterocycles. The van der Waals surface area contributed by atoms with E-state index in [1.165, 1.54) is 7.11 Å². The first-order valence-corrected chi connectivity index (χ1v) is 9.96. The van der Waals surface area contributed by atoms with Crippen LogP contribution in [-0.2, 0) is 16.0 Å². The van der Waals surface area contributed by atoms with Gasteiger partial charge in [0.2, 0.25) is 5.78 Å². The second kappa shape index (κ2) is 8.89. The van der Waals surface area contributed by atoms with Gasteiger partial charge in [-0.2, -0.15) is 0 Å². The fourth-order valence-corrected chi connectivity index (χ4v) is 3.45. The van der Waals surface area contributed by atoms with E-state index in [4.69, 9.17) is 9.47 Å². The van der Waals surface area contributed by atoms with Gasteiger partial charge >= 0.3 is 11.9 Å². The Kier molecular flexibility index (Phi) is 5.85. The number of hydrogen-bond donors (Lipinski definition) is 0. The zero-order valence-electron chi connectivity index (χ0n) is 17.6. The van der Waals surface area contributed by atoms with Gasteiger partial charge in [-0.3, -0.25) is 9.59 Å². The first-order valence-electron chi connectivity index (χ1n) is 9.96. The summed E-state index contributed by atoms with van der Waals surface area (Å²) in [5.74, 6) is -0.275. The molecule has 0 saturated carbocycles. The molecule has 0 N–H and O–H groups in total. The topological polar surface area (TPSA) is 78.9 Å². The van der Waals surface area contributed by atoms with Crippen molar-refractivity contribution in [3.8, 4) is 11.5 Å². The molecule has 1 aliphatic heterocycles. The number of aryl methyl sites for hydroxylation is 1. The van der Waals surface area contributed by atoms with Gasteiger partial charge in [-0.25, -0.2) is 4.79 Å². The summed E-state index contributed by atoms with van der Waals surface area (Å²) in [6, 6.07) is 19.1. The van der Waals surface area contributed by atoms with Gasteiger partial charge in [-0.15, -0.1) is 0 Å². The average Bonchev–Trinajstić information content (AvgIpc) is 3.09.